The minimum absolute atomic E-state index is 0.00334. The Hall–Kier alpha value is -2.67. The lowest BCUT2D eigenvalue weighted by atomic mass is 10.1. The number of nitrogens with one attached hydrogen (secondary N) is 2. The third kappa shape index (κ3) is 4.59. The average Bonchev–Trinajstić information content (AvgIpc) is 3.35. The third-order valence-corrected chi connectivity index (χ3v) is 6.17. The van der Waals surface area contributed by atoms with Crippen molar-refractivity contribution in [2.75, 3.05) is 11.9 Å². The summed E-state index contributed by atoms with van der Waals surface area (Å²) in [5.41, 5.74) is 1.99. The van der Waals surface area contributed by atoms with Gasteiger partial charge in [-0.05, 0) is 24.5 Å². The average molecular weight is 397 g/mol. The van der Waals surface area contributed by atoms with Crippen molar-refractivity contribution in [3.63, 3.8) is 0 Å². The summed E-state index contributed by atoms with van der Waals surface area (Å²) in [6, 6.07) is 9.88. The van der Waals surface area contributed by atoms with Gasteiger partial charge in [-0.25, -0.2) is 9.78 Å². The van der Waals surface area contributed by atoms with Crippen LogP contribution in [0.5, 0.6) is 0 Å². The molecule has 1 fully saturated rings. The Balaban J connectivity index is 1.34. The SMILES string of the molecule is O=C(Nc1nc2c(s1)CN(C(=O)/C=C/c1ccccc1)CC2)NC1CCCC1. The van der Waals surface area contributed by atoms with Gasteiger partial charge in [-0.3, -0.25) is 10.1 Å². The van der Waals surface area contributed by atoms with Crippen LogP contribution in [0, 0.1) is 0 Å². The number of aromatic nitrogens is 1. The number of fused-ring (bicyclic) bond motifs is 1. The van der Waals surface area contributed by atoms with Gasteiger partial charge in [0.15, 0.2) is 5.13 Å². The van der Waals surface area contributed by atoms with Gasteiger partial charge >= 0.3 is 6.03 Å². The molecule has 4 rings (SSSR count). The summed E-state index contributed by atoms with van der Waals surface area (Å²) in [5, 5.41) is 6.47. The Labute approximate surface area is 168 Å². The van der Waals surface area contributed by atoms with Crippen LogP contribution in [0.2, 0.25) is 0 Å². The van der Waals surface area contributed by atoms with Crippen LogP contribution in [0.15, 0.2) is 36.4 Å². The number of nitrogens with zero attached hydrogens (tertiary/aromatic N) is 2. The monoisotopic (exact) mass is 396 g/mol. The maximum absolute atomic E-state index is 12.5. The number of carbonyl (C=O) groups excluding carboxylic acids is 2. The van der Waals surface area contributed by atoms with E-state index in [1.54, 1.807) is 6.08 Å². The molecule has 28 heavy (non-hydrogen) atoms. The van der Waals surface area contributed by atoms with Crippen molar-refractivity contribution in [1.82, 2.24) is 15.2 Å². The van der Waals surface area contributed by atoms with Crippen LogP contribution < -0.4 is 10.6 Å². The van der Waals surface area contributed by atoms with Crippen molar-refractivity contribution in [1.29, 1.82) is 0 Å². The van der Waals surface area contributed by atoms with Crippen molar-refractivity contribution in [3.8, 4) is 0 Å². The predicted molar refractivity (Wildman–Crippen MR) is 111 cm³/mol. The van der Waals surface area contributed by atoms with Gasteiger partial charge in [-0.15, -0.1) is 0 Å². The minimum Gasteiger partial charge on any atom is -0.335 e. The molecule has 1 saturated carbocycles. The van der Waals surface area contributed by atoms with E-state index in [-0.39, 0.29) is 18.0 Å². The molecule has 2 aromatic rings. The van der Waals surface area contributed by atoms with E-state index in [0.717, 1.165) is 29.0 Å². The van der Waals surface area contributed by atoms with Crippen LogP contribution in [0.4, 0.5) is 9.93 Å². The molecule has 6 nitrogen and oxygen atoms in total. The topological polar surface area (TPSA) is 74.3 Å². The van der Waals surface area contributed by atoms with Crippen molar-refractivity contribution in [2.24, 2.45) is 0 Å². The lowest BCUT2D eigenvalue weighted by Gasteiger charge is -2.24. The van der Waals surface area contributed by atoms with E-state index >= 15 is 0 Å². The molecule has 2 aliphatic rings. The molecular formula is C21H24N4O2S. The largest absolute Gasteiger partial charge is 0.335 e. The minimum atomic E-state index is -0.184. The van der Waals surface area contributed by atoms with E-state index in [2.05, 4.69) is 15.6 Å². The van der Waals surface area contributed by atoms with Crippen LogP contribution in [-0.2, 0) is 17.8 Å². The van der Waals surface area contributed by atoms with Gasteiger partial charge in [0, 0.05) is 30.0 Å². The third-order valence-electron chi connectivity index (χ3n) is 5.17. The molecule has 1 aromatic heterocycles. The molecule has 0 saturated heterocycles. The van der Waals surface area contributed by atoms with Gasteiger partial charge in [0.1, 0.15) is 0 Å². The van der Waals surface area contributed by atoms with E-state index in [4.69, 9.17) is 0 Å². The molecule has 0 atom stereocenters. The molecule has 146 valence electrons. The lowest BCUT2D eigenvalue weighted by Crippen LogP contribution is -2.36. The fraction of sp³-hybridized carbons (Fsp3) is 0.381. The highest BCUT2D eigenvalue weighted by Crippen LogP contribution is 2.28. The van der Waals surface area contributed by atoms with E-state index < -0.39 is 0 Å². The van der Waals surface area contributed by atoms with Crippen LogP contribution in [0.25, 0.3) is 6.08 Å². The number of hydrogen-bond acceptors (Lipinski definition) is 4. The molecule has 0 unspecified atom stereocenters. The molecule has 1 aliphatic carbocycles. The first kappa shape index (κ1) is 18.7. The van der Waals surface area contributed by atoms with E-state index in [9.17, 15) is 9.59 Å². The molecule has 3 amide bonds. The summed E-state index contributed by atoms with van der Waals surface area (Å²) in [4.78, 5) is 32.1. The van der Waals surface area contributed by atoms with Crippen LogP contribution in [0.1, 0.15) is 41.8 Å². The van der Waals surface area contributed by atoms with Crippen LogP contribution in [-0.4, -0.2) is 34.4 Å². The van der Waals surface area contributed by atoms with Crippen molar-refractivity contribution < 1.29 is 9.59 Å². The molecule has 0 bridgehead atoms. The second-order valence-corrected chi connectivity index (χ2v) is 8.31. The van der Waals surface area contributed by atoms with Gasteiger partial charge in [-0.2, -0.15) is 0 Å². The highest BCUT2D eigenvalue weighted by molar-refractivity contribution is 7.15. The molecule has 7 heteroatoms. The molecule has 1 aliphatic heterocycles. The van der Waals surface area contributed by atoms with E-state index in [1.807, 2.05) is 41.3 Å². The zero-order valence-electron chi connectivity index (χ0n) is 15.7. The first-order valence-electron chi connectivity index (χ1n) is 9.75. The van der Waals surface area contributed by atoms with Gasteiger partial charge < -0.3 is 10.2 Å². The number of benzene rings is 1. The first-order chi connectivity index (χ1) is 13.7. The summed E-state index contributed by atoms with van der Waals surface area (Å²) >= 11 is 1.46. The van der Waals surface area contributed by atoms with Crippen LogP contribution >= 0.6 is 11.3 Å². The summed E-state index contributed by atoms with van der Waals surface area (Å²) in [7, 11) is 0. The van der Waals surface area contributed by atoms with Gasteiger partial charge in [0.2, 0.25) is 5.91 Å². The van der Waals surface area contributed by atoms with E-state index in [0.29, 0.717) is 24.6 Å². The molecule has 0 radical (unpaired) electrons. The number of amides is 3. The first-order valence-corrected chi connectivity index (χ1v) is 10.6. The number of hydrogen-bond donors (Lipinski definition) is 2. The van der Waals surface area contributed by atoms with Crippen molar-refractivity contribution in [3.05, 3.63) is 52.5 Å². The summed E-state index contributed by atoms with van der Waals surface area (Å²) in [6.45, 7) is 1.18. The maximum Gasteiger partial charge on any atom is 0.321 e. The Bertz CT molecular complexity index is 872. The van der Waals surface area contributed by atoms with Crippen molar-refractivity contribution >= 4 is 34.5 Å². The molecule has 0 spiro atoms. The summed E-state index contributed by atoms with van der Waals surface area (Å²) in [5.74, 6) is -0.00334. The molecule has 2 N–H and O–H groups in total. The Morgan fingerprint density at radius 2 is 1.96 bits per heavy atom. The number of carbonyl (C=O) groups is 2. The lowest BCUT2D eigenvalue weighted by molar-refractivity contribution is -0.126. The molecule has 1 aromatic carbocycles. The number of anilines is 1. The normalized spacial score (nSPS) is 16.9. The smallest absolute Gasteiger partial charge is 0.321 e. The number of urea groups is 1. The van der Waals surface area contributed by atoms with E-state index in [1.165, 1.54) is 24.2 Å². The highest BCUT2D eigenvalue weighted by Gasteiger charge is 2.24. The second-order valence-electron chi connectivity index (χ2n) is 7.22. The van der Waals surface area contributed by atoms with Crippen LogP contribution in [0.3, 0.4) is 0 Å². The zero-order valence-corrected chi connectivity index (χ0v) is 16.5. The quantitative estimate of drug-likeness (QED) is 0.772. The summed E-state index contributed by atoms with van der Waals surface area (Å²) in [6.07, 6.45) is 8.63. The standard InChI is InChI=1S/C21H24N4O2S/c26-19(11-10-15-6-2-1-3-7-15)25-13-12-17-18(14-25)28-21(23-17)24-20(27)22-16-8-4-5-9-16/h1-3,6-7,10-11,16H,4-5,8-9,12-14H2,(H2,22,23,24,27)/b11-10+. The molecule has 2 heterocycles. The fourth-order valence-electron chi connectivity index (χ4n) is 3.66. The zero-order chi connectivity index (χ0) is 19.3. The second kappa shape index (κ2) is 8.56. The Morgan fingerprint density at radius 3 is 2.75 bits per heavy atom. The van der Waals surface area contributed by atoms with Gasteiger partial charge in [0.25, 0.3) is 0 Å². The molecular weight excluding hydrogens is 372 g/mol. The predicted octanol–water partition coefficient (Wildman–Crippen LogP) is 3.81. The fourth-order valence-corrected chi connectivity index (χ4v) is 4.68. The van der Waals surface area contributed by atoms with Gasteiger partial charge in [0.05, 0.1) is 12.2 Å². The Kier molecular flexibility index (Phi) is 5.71. The highest BCUT2D eigenvalue weighted by atomic mass is 32.1. The van der Waals surface area contributed by atoms with Crippen molar-refractivity contribution in [2.45, 2.75) is 44.7 Å². The number of thiazole rings is 1. The maximum atomic E-state index is 12.5. The summed E-state index contributed by atoms with van der Waals surface area (Å²) < 4.78 is 0. The number of rotatable bonds is 4. The van der Waals surface area contributed by atoms with Gasteiger partial charge in [-0.1, -0.05) is 54.5 Å². The Morgan fingerprint density at radius 1 is 1.18 bits per heavy atom.